The zero-order chi connectivity index (χ0) is 26.3. The summed E-state index contributed by atoms with van der Waals surface area (Å²) >= 11 is 0. The molecule has 0 aliphatic heterocycles. The van der Waals surface area contributed by atoms with E-state index in [0.717, 1.165) is 37.1 Å². The van der Waals surface area contributed by atoms with Crippen LogP contribution in [0.1, 0.15) is 48.7 Å². The quantitative estimate of drug-likeness (QED) is 0.348. The van der Waals surface area contributed by atoms with Gasteiger partial charge in [-0.25, -0.2) is 14.6 Å². The number of nitrogens with one attached hydrogen (secondary N) is 2. The lowest BCUT2D eigenvalue weighted by Gasteiger charge is -2.09. The largest absolute Gasteiger partial charge is 0.416 e. The third-order valence-corrected chi connectivity index (χ3v) is 6.06. The first-order valence-corrected chi connectivity index (χ1v) is 11.7. The van der Waals surface area contributed by atoms with Crippen molar-refractivity contribution >= 4 is 34.4 Å². The van der Waals surface area contributed by atoms with Gasteiger partial charge in [-0.1, -0.05) is 12.1 Å². The minimum Gasteiger partial charge on any atom is -0.322 e. The summed E-state index contributed by atoms with van der Waals surface area (Å²) in [5.74, 6) is -0.219. The molecule has 2 N–H and O–H groups in total. The normalized spacial score (nSPS) is 13.7. The van der Waals surface area contributed by atoms with Gasteiger partial charge in [0, 0.05) is 28.8 Å². The van der Waals surface area contributed by atoms with Crippen LogP contribution in [0, 0.1) is 5.92 Å². The Morgan fingerprint density at radius 3 is 2.24 bits per heavy atom. The van der Waals surface area contributed by atoms with E-state index in [0.29, 0.717) is 33.8 Å². The molecule has 0 bridgehead atoms. The fraction of sp³-hybridized carbons (Fsp3) is 0.269. The van der Waals surface area contributed by atoms with Gasteiger partial charge in [0.05, 0.1) is 10.9 Å². The Bertz CT molecular complexity index is 1470. The van der Waals surface area contributed by atoms with Crippen LogP contribution in [-0.2, 0) is 11.0 Å². The maximum absolute atomic E-state index is 12.8. The van der Waals surface area contributed by atoms with Crippen molar-refractivity contribution in [3.63, 3.8) is 0 Å². The van der Waals surface area contributed by atoms with E-state index in [1.165, 1.54) is 6.33 Å². The molecule has 1 aliphatic rings. The molecule has 1 saturated carbocycles. The Balaban J connectivity index is 1.42. The average molecular weight is 509 g/mol. The van der Waals surface area contributed by atoms with Crippen molar-refractivity contribution in [1.82, 2.24) is 19.7 Å². The molecule has 2 aromatic carbocycles. The SMILES string of the molecule is CC(C)n1nc(-c2ccc(NC(=O)c3ccc(C(F)(F)F)cc3)cc2)c2c(NC(=O)C3CC3)ncnc21. The lowest BCUT2D eigenvalue weighted by Crippen LogP contribution is -2.15. The van der Waals surface area contributed by atoms with Gasteiger partial charge in [-0.15, -0.1) is 0 Å². The second-order valence-corrected chi connectivity index (χ2v) is 9.18. The maximum atomic E-state index is 12.8. The lowest BCUT2D eigenvalue weighted by atomic mass is 10.1. The summed E-state index contributed by atoms with van der Waals surface area (Å²) in [5, 5.41) is 10.9. The highest BCUT2D eigenvalue weighted by molar-refractivity contribution is 6.06. The minimum absolute atomic E-state index is 0.000397. The van der Waals surface area contributed by atoms with E-state index >= 15 is 0 Å². The Morgan fingerprint density at radius 1 is 0.973 bits per heavy atom. The summed E-state index contributed by atoms with van der Waals surface area (Å²) in [6.07, 6.45) is -1.35. The van der Waals surface area contributed by atoms with E-state index in [9.17, 15) is 22.8 Å². The molecule has 2 amide bonds. The van der Waals surface area contributed by atoms with E-state index in [4.69, 9.17) is 5.10 Å². The van der Waals surface area contributed by atoms with Crippen LogP contribution < -0.4 is 10.6 Å². The Morgan fingerprint density at radius 2 is 1.65 bits per heavy atom. The highest BCUT2D eigenvalue weighted by Gasteiger charge is 2.31. The van der Waals surface area contributed by atoms with E-state index in [-0.39, 0.29) is 23.4 Å². The Labute approximate surface area is 209 Å². The summed E-state index contributed by atoms with van der Waals surface area (Å²) in [6, 6.07) is 10.9. The first-order chi connectivity index (χ1) is 17.6. The van der Waals surface area contributed by atoms with Crippen LogP contribution in [0.4, 0.5) is 24.7 Å². The van der Waals surface area contributed by atoms with Gasteiger partial charge in [0.1, 0.15) is 17.8 Å². The molecule has 2 heterocycles. The zero-order valence-corrected chi connectivity index (χ0v) is 20.0. The molecular weight excluding hydrogens is 485 g/mol. The number of alkyl halides is 3. The van der Waals surface area contributed by atoms with Crippen molar-refractivity contribution < 1.29 is 22.8 Å². The summed E-state index contributed by atoms with van der Waals surface area (Å²) in [4.78, 5) is 33.7. The van der Waals surface area contributed by atoms with Crippen LogP contribution >= 0.6 is 0 Å². The van der Waals surface area contributed by atoms with Gasteiger partial charge in [0.2, 0.25) is 5.91 Å². The van der Waals surface area contributed by atoms with E-state index in [1.807, 2.05) is 13.8 Å². The fourth-order valence-corrected chi connectivity index (χ4v) is 3.92. The molecular formula is C26H23F3N6O2. The van der Waals surface area contributed by atoms with Gasteiger partial charge in [-0.05, 0) is 63.1 Å². The molecule has 1 fully saturated rings. The van der Waals surface area contributed by atoms with Gasteiger partial charge in [0.25, 0.3) is 5.91 Å². The lowest BCUT2D eigenvalue weighted by molar-refractivity contribution is -0.137. The number of carbonyl (C=O) groups is 2. The molecule has 0 unspecified atom stereocenters. The van der Waals surface area contributed by atoms with Gasteiger partial charge in [0.15, 0.2) is 5.65 Å². The predicted octanol–water partition coefficient (Wildman–Crippen LogP) is 5.69. The monoisotopic (exact) mass is 508 g/mol. The van der Waals surface area contributed by atoms with Crippen molar-refractivity contribution in [3.8, 4) is 11.3 Å². The van der Waals surface area contributed by atoms with Crippen LogP contribution in [0.25, 0.3) is 22.3 Å². The van der Waals surface area contributed by atoms with Crippen molar-refractivity contribution in [2.75, 3.05) is 10.6 Å². The van der Waals surface area contributed by atoms with Crippen LogP contribution in [0.5, 0.6) is 0 Å². The minimum atomic E-state index is -4.47. The van der Waals surface area contributed by atoms with E-state index < -0.39 is 17.6 Å². The summed E-state index contributed by atoms with van der Waals surface area (Å²) in [5.41, 5.74) is 1.63. The van der Waals surface area contributed by atoms with Gasteiger partial charge in [-0.2, -0.15) is 18.3 Å². The van der Waals surface area contributed by atoms with Crippen molar-refractivity contribution in [2.45, 2.75) is 38.9 Å². The number of rotatable bonds is 6. The molecule has 11 heteroatoms. The fourth-order valence-electron chi connectivity index (χ4n) is 3.92. The standard InChI is InChI=1S/C26H23F3N6O2/c1-14(2)35-23-20(22(30-13-31-23)33-25(37)16-3-4-16)21(34-35)15-7-11-19(12-8-15)32-24(36)17-5-9-18(10-6-17)26(27,28)29/h5-14,16H,3-4H2,1-2H3,(H,32,36)(H,30,31,33,37). The van der Waals surface area contributed by atoms with Crippen molar-refractivity contribution in [1.29, 1.82) is 0 Å². The summed E-state index contributed by atoms with van der Waals surface area (Å²) in [6.45, 7) is 3.95. The summed E-state index contributed by atoms with van der Waals surface area (Å²) < 4.78 is 40.1. The molecule has 8 nitrogen and oxygen atoms in total. The van der Waals surface area contributed by atoms with Crippen LogP contribution in [0.15, 0.2) is 54.9 Å². The number of aromatic nitrogens is 4. The molecule has 0 atom stereocenters. The Hall–Kier alpha value is -4.28. The number of anilines is 2. The molecule has 190 valence electrons. The average Bonchev–Trinajstić information content (AvgIpc) is 3.64. The number of nitrogens with zero attached hydrogens (tertiary/aromatic N) is 4. The van der Waals surface area contributed by atoms with Crippen LogP contribution in [0.3, 0.4) is 0 Å². The number of hydrogen-bond donors (Lipinski definition) is 2. The third-order valence-electron chi connectivity index (χ3n) is 6.06. The zero-order valence-electron chi connectivity index (χ0n) is 20.0. The number of fused-ring (bicyclic) bond motifs is 1. The second-order valence-electron chi connectivity index (χ2n) is 9.18. The van der Waals surface area contributed by atoms with E-state index in [1.54, 1.807) is 28.9 Å². The third kappa shape index (κ3) is 5.02. The molecule has 0 saturated heterocycles. The van der Waals surface area contributed by atoms with Crippen molar-refractivity contribution in [2.24, 2.45) is 5.92 Å². The Kier molecular flexibility index (Phi) is 6.14. The van der Waals surface area contributed by atoms with Gasteiger partial charge < -0.3 is 10.6 Å². The predicted molar refractivity (Wildman–Crippen MR) is 132 cm³/mol. The van der Waals surface area contributed by atoms with E-state index in [2.05, 4.69) is 20.6 Å². The number of carbonyl (C=O) groups excluding carboxylic acids is 2. The van der Waals surface area contributed by atoms with Crippen LogP contribution in [-0.4, -0.2) is 31.6 Å². The molecule has 4 aromatic rings. The number of benzene rings is 2. The molecule has 1 aliphatic carbocycles. The topological polar surface area (TPSA) is 102 Å². The molecule has 37 heavy (non-hydrogen) atoms. The molecule has 2 aromatic heterocycles. The van der Waals surface area contributed by atoms with Crippen LogP contribution in [0.2, 0.25) is 0 Å². The second kappa shape index (κ2) is 9.30. The van der Waals surface area contributed by atoms with Crippen molar-refractivity contribution in [3.05, 3.63) is 66.0 Å². The molecule has 0 radical (unpaired) electrons. The molecule has 0 spiro atoms. The van der Waals surface area contributed by atoms with Gasteiger partial charge >= 0.3 is 6.18 Å². The smallest absolute Gasteiger partial charge is 0.322 e. The maximum Gasteiger partial charge on any atom is 0.416 e. The number of amides is 2. The summed E-state index contributed by atoms with van der Waals surface area (Å²) in [7, 11) is 0. The highest BCUT2D eigenvalue weighted by atomic mass is 19.4. The first kappa shape index (κ1) is 24.4. The highest BCUT2D eigenvalue weighted by Crippen LogP contribution is 2.35. The number of hydrogen-bond acceptors (Lipinski definition) is 5. The first-order valence-electron chi connectivity index (χ1n) is 11.7. The van der Waals surface area contributed by atoms with Gasteiger partial charge in [-0.3, -0.25) is 9.59 Å². The molecule has 5 rings (SSSR count). The number of halogens is 3.